The first-order valence-electron chi connectivity index (χ1n) is 13.0. The van der Waals surface area contributed by atoms with Crippen molar-refractivity contribution >= 4 is 28.2 Å². The maximum atomic E-state index is 13.6. The van der Waals surface area contributed by atoms with Gasteiger partial charge in [0.2, 0.25) is 0 Å². The minimum absolute atomic E-state index is 0. The maximum absolute atomic E-state index is 13.6. The summed E-state index contributed by atoms with van der Waals surface area (Å²) >= 11 is 0. The van der Waals surface area contributed by atoms with Gasteiger partial charge >= 0.3 is 0 Å². The third-order valence-corrected chi connectivity index (χ3v) is 9.75. The second-order valence-electron chi connectivity index (χ2n) is 9.64. The van der Waals surface area contributed by atoms with E-state index in [0.29, 0.717) is 38.6 Å². The zero-order valence-corrected chi connectivity index (χ0v) is 24.1. The Morgan fingerprint density at radius 2 is 1.77 bits per heavy atom. The SMILES string of the molecule is COCCN1CCC(C(=O)NO)(S(=O)(=O)c2ccc(OCCCc3cccc(-c4cccnc4)c3)cc2)CC1.Cl. The summed E-state index contributed by atoms with van der Waals surface area (Å²) in [5, 5.41) is 9.37. The van der Waals surface area contributed by atoms with Crippen LogP contribution >= 0.6 is 12.4 Å². The van der Waals surface area contributed by atoms with Crippen LogP contribution < -0.4 is 10.2 Å². The minimum Gasteiger partial charge on any atom is -0.494 e. The third kappa shape index (κ3) is 7.18. The Bertz CT molecular complexity index is 1330. The van der Waals surface area contributed by atoms with Gasteiger partial charge in [-0.25, -0.2) is 13.9 Å². The number of methoxy groups -OCH3 is 1. The van der Waals surface area contributed by atoms with Crippen molar-refractivity contribution in [3.8, 4) is 16.9 Å². The van der Waals surface area contributed by atoms with Crippen LogP contribution in [-0.2, 0) is 25.8 Å². The fourth-order valence-corrected chi connectivity index (χ4v) is 6.88. The van der Waals surface area contributed by atoms with Crippen LogP contribution in [0, 0.1) is 0 Å². The van der Waals surface area contributed by atoms with E-state index >= 15 is 0 Å². The summed E-state index contributed by atoms with van der Waals surface area (Å²) in [5.41, 5.74) is 4.98. The molecule has 3 aromatic rings. The van der Waals surface area contributed by atoms with Crippen molar-refractivity contribution < 1.29 is 27.9 Å². The normalized spacial score (nSPS) is 15.2. The number of carbonyl (C=O) groups is 1. The van der Waals surface area contributed by atoms with E-state index in [0.717, 1.165) is 24.0 Å². The van der Waals surface area contributed by atoms with Crippen molar-refractivity contribution in [2.45, 2.75) is 35.3 Å². The van der Waals surface area contributed by atoms with Gasteiger partial charge < -0.3 is 14.4 Å². The van der Waals surface area contributed by atoms with Gasteiger partial charge in [-0.3, -0.25) is 15.0 Å². The van der Waals surface area contributed by atoms with E-state index in [4.69, 9.17) is 9.47 Å². The molecule has 0 unspecified atom stereocenters. The second-order valence-corrected chi connectivity index (χ2v) is 11.9. The number of likely N-dealkylation sites (tertiary alicyclic amines) is 1. The fraction of sp³-hybridized carbons (Fsp3) is 0.379. The molecule has 1 amide bonds. The molecule has 216 valence electrons. The number of hydrogen-bond donors (Lipinski definition) is 2. The summed E-state index contributed by atoms with van der Waals surface area (Å²) in [6.07, 6.45) is 5.37. The second kappa shape index (κ2) is 14.6. The number of sulfone groups is 1. The van der Waals surface area contributed by atoms with Crippen molar-refractivity contribution in [2.75, 3.05) is 40.0 Å². The lowest BCUT2D eigenvalue weighted by molar-refractivity contribution is -0.133. The number of amides is 1. The molecule has 4 rings (SSSR count). The first-order chi connectivity index (χ1) is 18.9. The molecule has 0 aliphatic carbocycles. The molecule has 0 atom stereocenters. The number of hydrogen-bond acceptors (Lipinski definition) is 8. The highest BCUT2D eigenvalue weighted by Gasteiger charge is 2.52. The monoisotopic (exact) mass is 589 g/mol. The van der Waals surface area contributed by atoms with Gasteiger partial charge in [0.15, 0.2) is 14.6 Å². The molecular formula is C29H36ClN3O6S. The number of aryl methyl sites for hydroxylation is 1. The number of carbonyl (C=O) groups excluding carboxylic acids is 1. The zero-order chi connectivity index (χ0) is 27.7. The molecule has 2 heterocycles. The van der Waals surface area contributed by atoms with Gasteiger partial charge in [0.25, 0.3) is 5.91 Å². The maximum Gasteiger partial charge on any atom is 0.265 e. The number of pyridine rings is 1. The first-order valence-corrected chi connectivity index (χ1v) is 14.5. The predicted molar refractivity (Wildman–Crippen MR) is 155 cm³/mol. The molecule has 11 heteroatoms. The molecule has 1 aromatic heterocycles. The number of halogens is 1. The van der Waals surface area contributed by atoms with Crippen LogP contribution in [0.3, 0.4) is 0 Å². The largest absolute Gasteiger partial charge is 0.494 e. The number of piperidine rings is 1. The summed E-state index contributed by atoms with van der Waals surface area (Å²) in [5.74, 6) is -0.352. The van der Waals surface area contributed by atoms with Crippen LogP contribution in [0.15, 0.2) is 78.0 Å². The lowest BCUT2D eigenvalue weighted by Crippen LogP contribution is -2.57. The summed E-state index contributed by atoms with van der Waals surface area (Å²) < 4.78 is 36.5. The van der Waals surface area contributed by atoms with Crippen LogP contribution in [-0.4, -0.2) is 74.1 Å². The van der Waals surface area contributed by atoms with Crippen molar-refractivity contribution in [3.63, 3.8) is 0 Å². The average Bonchev–Trinajstić information content (AvgIpc) is 2.99. The predicted octanol–water partition coefficient (Wildman–Crippen LogP) is 3.94. The van der Waals surface area contributed by atoms with Gasteiger partial charge in [0, 0.05) is 39.1 Å². The Hall–Kier alpha value is -3.02. The van der Waals surface area contributed by atoms with Crippen LogP contribution in [0.4, 0.5) is 0 Å². The Morgan fingerprint density at radius 3 is 2.42 bits per heavy atom. The van der Waals surface area contributed by atoms with E-state index in [1.165, 1.54) is 17.7 Å². The molecule has 0 bridgehead atoms. The Balaban J connectivity index is 0.00000441. The van der Waals surface area contributed by atoms with Crippen LogP contribution in [0.25, 0.3) is 11.1 Å². The number of benzene rings is 2. The van der Waals surface area contributed by atoms with E-state index in [1.54, 1.807) is 30.9 Å². The summed E-state index contributed by atoms with van der Waals surface area (Å²) in [4.78, 5) is 18.9. The third-order valence-electron chi connectivity index (χ3n) is 7.24. The zero-order valence-electron chi connectivity index (χ0n) is 22.5. The molecular weight excluding hydrogens is 554 g/mol. The van der Waals surface area contributed by atoms with Gasteiger partial charge in [0.05, 0.1) is 18.1 Å². The Kier molecular flexibility index (Phi) is 11.5. The minimum atomic E-state index is -4.07. The van der Waals surface area contributed by atoms with Crippen molar-refractivity contribution in [3.05, 3.63) is 78.6 Å². The number of hydroxylamine groups is 1. The Labute approximate surface area is 241 Å². The number of ether oxygens (including phenoxy) is 2. The summed E-state index contributed by atoms with van der Waals surface area (Å²) in [6.45, 7) is 2.45. The van der Waals surface area contributed by atoms with Crippen molar-refractivity contribution in [2.24, 2.45) is 0 Å². The number of aromatic nitrogens is 1. The summed E-state index contributed by atoms with van der Waals surface area (Å²) in [6, 6.07) is 18.4. The van der Waals surface area contributed by atoms with Gasteiger partial charge in [-0.1, -0.05) is 30.3 Å². The molecule has 40 heavy (non-hydrogen) atoms. The van der Waals surface area contributed by atoms with Crippen LogP contribution in [0.1, 0.15) is 24.8 Å². The smallest absolute Gasteiger partial charge is 0.265 e. The molecule has 2 N–H and O–H groups in total. The standard InChI is InChI=1S/C29H35N3O6S.ClH/c1-37-20-18-32-16-13-29(14-17-32,28(33)31-34)39(35,36)27-11-9-26(10-12-27)38-19-4-6-23-5-2-7-24(21-23)25-8-3-15-30-22-25;/h2-3,5,7-12,15,21-22,34H,4,6,13-14,16-20H2,1H3,(H,31,33);1H. The van der Waals surface area contributed by atoms with E-state index in [-0.39, 0.29) is 30.1 Å². The molecule has 1 aliphatic rings. The van der Waals surface area contributed by atoms with Crippen LogP contribution in [0.2, 0.25) is 0 Å². The highest BCUT2D eigenvalue weighted by molar-refractivity contribution is 7.93. The highest BCUT2D eigenvalue weighted by Crippen LogP contribution is 2.36. The lowest BCUT2D eigenvalue weighted by atomic mass is 9.95. The highest BCUT2D eigenvalue weighted by atomic mass is 35.5. The average molecular weight is 590 g/mol. The molecule has 1 fully saturated rings. The molecule has 1 aliphatic heterocycles. The molecule has 0 spiro atoms. The summed E-state index contributed by atoms with van der Waals surface area (Å²) in [7, 11) is -2.47. The van der Waals surface area contributed by atoms with Gasteiger partial charge in [-0.05, 0) is 72.7 Å². The molecule has 9 nitrogen and oxygen atoms in total. The number of nitrogens with zero attached hydrogens (tertiary/aromatic N) is 2. The number of nitrogens with one attached hydrogen (secondary N) is 1. The topological polar surface area (TPSA) is 118 Å². The first kappa shape index (κ1) is 31.5. The van der Waals surface area contributed by atoms with E-state index < -0.39 is 20.5 Å². The van der Waals surface area contributed by atoms with E-state index in [2.05, 4.69) is 23.2 Å². The van der Waals surface area contributed by atoms with Crippen molar-refractivity contribution in [1.82, 2.24) is 15.4 Å². The fourth-order valence-electron chi connectivity index (χ4n) is 4.92. The van der Waals surface area contributed by atoms with Crippen LogP contribution in [0.5, 0.6) is 5.75 Å². The number of rotatable bonds is 12. The van der Waals surface area contributed by atoms with E-state index in [1.807, 2.05) is 29.3 Å². The molecule has 0 radical (unpaired) electrons. The lowest BCUT2D eigenvalue weighted by Gasteiger charge is -2.39. The van der Waals surface area contributed by atoms with E-state index in [9.17, 15) is 18.4 Å². The molecule has 0 saturated carbocycles. The Morgan fingerprint density at radius 1 is 1.05 bits per heavy atom. The van der Waals surface area contributed by atoms with Gasteiger partial charge in [-0.2, -0.15) is 0 Å². The molecule has 1 saturated heterocycles. The quantitative estimate of drug-likeness (QED) is 0.185. The van der Waals surface area contributed by atoms with Crippen molar-refractivity contribution in [1.29, 1.82) is 0 Å². The van der Waals surface area contributed by atoms with Gasteiger partial charge in [0.1, 0.15) is 5.75 Å². The molecule has 2 aromatic carbocycles. The van der Waals surface area contributed by atoms with Gasteiger partial charge in [-0.15, -0.1) is 12.4 Å².